The van der Waals surface area contributed by atoms with Gasteiger partial charge in [0.15, 0.2) is 0 Å². The molecule has 1 aromatic carbocycles. The lowest BCUT2D eigenvalue weighted by atomic mass is 10.1. The smallest absolute Gasteiger partial charge is 0.337 e. The molecule has 0 aliphatic heterocycles. The zero-order chi connectivity index (χ0) is 17.2. The van der Waals surface area contributed by atoms with E-state index in [9.17, 15) is 22.8 Å². The van der Waals surface area contributed by atoms with E-state index in [-0.39, 0.29) is 23.2 Å². The second-order valence-electron chi connectivity index (χ2n) is 5.18. The fraction of sp³-hybridized carbons (Fsp3) is 0.250. The monoisotopic (exact) mass is 324 g/mol. The first-order valence-corrected chi connectivity index (χ1v) is 6.77. The molecule has 1 aromatic heterocycles. The minimum Gasteiger partial charge on any atom is -0.337 e. The summed E-state index contributed by atoms with van der Waals surface area (Å²) in [6.07, 6.45) is -3.05. The zero-order valence-corrected chi connectivity index (χ0v) is 12.6. The van der Waals surface area contributed by atoms with Gasteiger partial charge in [0.25, 0.3) is 11.5 Å². The van der Waals surface area contributed by atoms with E-state index in [1.54, 1.807) is 7.05 Å². The Morgan fingerprint density at radius 3 is 2.48 bits per heavy atom. The SMILES string of the molecule is CN(Cc1ccccc1C(F)(F)F)C(=O)c1ccn(C)c(=O)c1. The van der Waals surface area contributed by atoms with Crippen LogP contribution < -0.4 is 5.56 Å². The first-order valence-electron chi connectivity index (χ1n) is 6.77. The van der Waals surface area contributed by atoms with Gasteiger partial charge in [0, 0.05) is 38.5 Å². The topological polar surface area (TPSA) is 42.3 Å². The van der Waals surface area contributed by atoms with Crippen molar-refractivity contribution >= 4 is 5.91 Å². The zero-order valence-electron chi connectivity index (χ0n) is 12.6. The highest BCUT2D eigenvalue weighted by Crippen LogP contribution is 2.32. The van der Waals surface area contributed by atoms with Gasteiger partial charge in [-0.05, 0) is 17.7 Å². The van der Waals surface area contributed by atoms with E-state index < -0.39 is 17.6 Å². The fourth-order valence-corrected chi connectivity index (χ4v) is 2.16. The van der Waals surface area contributed by atoms with E-state index in [2.05, 4.69) is 0 Å². The molecule has 0 spiro atoms. The van der Waals surface area contributed by atoms with E-state index in [4.69, 9.17) is 0 Å². The molecule has 23 heavy (non-hydrogen) atoms. The van der Waals surface area contributed by atoms with Crippen LogP contribution in [0.15, 0.2) is 47.4 Å². The second-order valence-corrected chi connectivity index (χ2v) is 5.18. The Hall–Kier alpha value is -2.57. The molecule has 0 bridgehead atoms. The van der Waals surface area contributed by atoms with Crippen LogP contribution in [0, 0.1) is 0 Å². The Balaban J connectivity index is 2.25. The fourth-order valence-electron chi connectivity index (χ4n) is 2.16. The molecule has 0 atom stereocenters. The molecule has 2 aromatic rings. The summed E-state index contributed by atoms with van der Waals surface area (Å²) >= 11 is 0. The predicted molar refractivity (Wildman–Crippen MR) is 78.9 cm³/mol. The van der Waals surface area contributed by atoms with Crippen molar-refractivity contribution in [1.82, 2.24) is 9.47 Å². The van der Waals surface area contributed by atoms with Crippen LogP contribution >= 0.6 is 0 Å². The lowest BCUT2D eigenvalue weighted by Gasteiger charge is -2.20. The van der Waals surface area contributed by atoms with Crippen LogP contribution in [0.3, 0.4) is 0 Å². The van der Waals surface area contributed by atoms with Crippen molar-refractivity contribution in [2.45, 2.75) is 12.7 Å². The molecule has 0 unspecified atom stereocenters. The van der Waals surface area contributed by atoms with Gasteiger partial charge in [0.2, 0.25) is 0 Å². The Labute approximate surface area is 130 Å². The molecule has 0 saturated carbocycles. The summed E-state index contributed by atoms with van der Waals surface area (Å²) in [4.78, 5) is 25.0. The molecule has 122 valence electrons. The number of halogens is 3. The van der Waals surface area contributed by atoms with E-state index in [1.807, 2.05) is 0 Å². The Morgan fingerprint density at radius 2 is 1.87 bits per heavy atom. The van der Waals surface area contributed by atoms with Crippen LogP contribution in [0.25, 0.3) is 0 Å². The lowest BCUT2D eigenvalue weighted by molar-refractivity contribution is -0.138. The van der Waals surface area contributed by atoms with Gasteiger partial charge in [-0.1, -0.05) is 18.2 Å². The van der Waals surface area contributed by atoms with Crippen LogP contribution in [0.4, 0.5) is 13.2 Å². The van der Waals surface area contributed by atoms with Gasteiger partial charge in [-0.3, -0.25) is 9.59 Å². The maximum atomic E-state index is 13.0. The van der Waals surface area contributed by atoms with Gasteiger partial charge in [0.1, 0.15) is 0 Å². The van der Waals surface area contributed by atoms with Gasteiger partial charge in [0.05, 0.1) is 5.56 Å². The third kappa shape index (κ3) is 3.80. The third-order valence-electron chi connectivity index (χ3n) is 3.43. The molecule has 2 rings (SSSR count). The molecular weight excluding hydrogens is 309 g/mol. The summed E-state index contributed by atoms with van der Waals surface area (Å²) in [5.41, 5.74) is -0.997. The third-order valence-corrected chi connectivity index (χ3v) is 3.43. The highest BCUT2D eigenvalue weighted by Gasteiger charge is 2.33. The Morgan fingerprint density at radius 1 is 1.22 bits per heavy atom. The van der Waals surface area contributed by atoms with Gasteiger partial charge in [-0.15, -0.1) is 0 Å². The largest absolute Gasteiger partial charge is 0.416 e. The van der Waals surface area contributed by atoms with Gasteiger partial charge in [-0.25, -0.2) is 0 Å². The lowest BCUT2D eigenvalue weighted by Crippen LogP contribution is -2.29. The predicted octanol–water partition coefficient (Wildman–Crippen LogP) is 2.68. The molecule has 0 N–H and O–H groups in total. The molecule has 0 aliphatic rings. The van der Waals surface area contributed by atoms with E-state index >= 15 is 0 Å². The number of alkyl halides is 3. The summed E-state index contributed by atoms with van der Waals surface area (Å²) in [6.45, 7) is -0.205. The van der Waals surface area contributed by atoms with E-state index in [0.29, 0.717) is 0 Å². The van der Waals surface area contributed by atoms with Crippen LogP contribution in [0.5, 0.6) is 0 Å². The average molecular weight is 324 g/mol. The molecule has 0 fully saturated rings. The number of hydrogen-bond acceptors (Lipinski definition) is 2. The molecule has 7 heteroatoms. The summed E-state index contributed by atoms with van der Waals surface area (Å²) < 4.78 is 40.2. The normalized spacial score (nSPS) is 11.3. The number of carbonyl (C=O) groups excluding carboxylic acids is 1. The van der Waals surface area contributed by atoms with Crippen LogP contribution in [-0.4, -0.2) is 22.4 Å². The molecule has 0 aliphatic carbocycles. The van der Waals surface area contributed by atoms with Crippen molar-refractivity contribution in [1.29, 1.82) is 0 Å². The van der Waals surface area contributed by atoms with Crippen molar-refractivity contribution in [3.8, 4) is 0 Å². The van der Waals surface area contributed by atoms with Crippen molar-refractivity contribution < 1.29 is 18.0 Å². The number of aryl methyl sites for hydroxylation is 1. The molecule has 0 saturated heterocycles. The van der Waals surface area contributed by atoms with Gasteiger partial charge >= 0.3 is 6.18 Å². The molecule has 1 amide bonds. The van der Waals surface area contributed by atoms with E-state index in [1.165, 1.54) is 42.1 Å². The maximum Gasteiger partial charge on any atom is 0.416 e. The highest BCUT2D eigenvalue weighted by molar-refractivity contribution is 5.93. The number of hydrogen-bond donors (Lipinski definition) is 0. The van der Waals surface area contributed by atoms with Crippen molar-refractivity contribution in [3.63, 3.8) is 0 Å². The average Bonchev–Trinajstić information content (AvgIpc) is 2.48. The first kappa shape index (κ1) is 16.8. The molecular formula is C16H15F3N2O2. The van der Waals surface area contributed by atoms with Crippen molar-refractivity contribution in [2.75, 3.05) is 7.05 Å². The number of rotatable bonds is 3. The summed E-state index contributed by atoms with van der Waals surface area (Å²) in [6, 6.07) is 7.71. The summed E-state index contributed by atoms with van der Waals surface area (Å²) in [5, 5.41) is 0. The Kier molecular flexibility index (Phi) is 4.58. The molecule has 0 radical (unpaired) electrons. The Bertz CT molecular complexity index is 781. The summed E-state index contributed by atoms with van der Waals surface area (Å²) in [5.74, 6) is -0.514. The minimum absolute atomic E-state index is 0.000293. The first-order chi connectivity index (χ1) is 10.7. The highest BCUT2D eigenvalue weighted by atomic mass is 19.4. The van der Waals surface area contributed by atoms with Crippen LogP contribution in [-0.2, 0) is 19.8 Å². The standard InChI is InChI=1S/C16H15F3N2O2/c1-20-8-7-11(9-14(20)22)15(23)21(2)10-12-5-3-4-6-13(12)16(17,18)19/h3-9H,10H2,1-2H3. The van der Waals surface area contributed by atoms with E-state index in [0.717, 1.165) is 17.0 Å². The van der Waals surface area contributed by atoms with Crippen LogP contribution in [0.2, 0.25) is 0 Å². The number of carbonyl (C=O) groups is 1. The number of pyridine rings is 1. The second kappa shape index (κ2) is 6.28. The number of benzene rings is 1. The van der Waals surface area contributed by atoms with Gasteiger partial charge in [-0.2, -0.15) is 13.2 Å². The van der Waals surface area contributed by atoms with Gasteiger partial charge < -0.3 is 9.47 Å². The van der Waals surface area contributed by atoms with Crippen molar-refractivity contribution in [2.24, 2.45) is 7.05 Å². The summed E-state index contributed by atoms with van der Waals surface area (Å²) in [7, 11) is 2.94. The number of nitrogens with zero attached hydrogens (tertiary/aromatic N) is 2. The number of aromatic nitrogens is 1. The minimum atomic E-state index is -4.48. The maximum absolute atomic E-state index is 13.0. The van der Waals surface area contributed by atoms with Crippen LogP contribution in [0.1, 0.15) is 21.5 Å². The quantitative estimate of drug-likeness (QED) is 0.871. The van der Waals surface area contributed by atoms with Crippen molar-refractivity contribution in [3.05, 3.63) is 69.6 Å². The molecule has 4 nitrogen and oxygen atoms in total. The molecule has 1 heterocycles. The number of amides is 1.